The second-order valence-corrected chi connectivity index (χ2v) is 5.92. The van der Waals surface area contributed by atoms with Gasteiger partial charge in [-0.15, -0.1) is 0 Å². The van der Waals surface area contributed by atoms with E-state index in [-0.39, 0.29) is 12.5 Å². The summed E-state index contributed by atoms with van der Waals surface area (Å²) in [4.78, 5) is 13.7. The van der Waals surface area contributed by atoms with Gasteiger partial charge in [0.15, 0.2) is 6.61 Å². The van der Waals surface area contributed by atoms with Crippen molar-refractivity contribution in [1.82, 2.24) is 4.90 Å². The van der Waals surface area contributed by atoms with E-state index < -0.39 is 0 Å². The molecule has 110 valence electrons. The van der Waals surface area contributed by atoms with Crippen molar-refractivity contribution < 1.29 is 9.53 Å². The average Bonchev–Trinajstić information content (AvgIpc) is 2.48. The first kappa shape index (κ1) is 15.9. The highest BCUT2D eigenvalue weighted by atomic mass is 79.9. The molecular weight excluding hydrogens is 354 g/mol. The molecule has 0 saturated heterocycles. The molecule has 0 fully saturated rings. The first-order valence-electron chi connectivity index (χ1n) is 6.42. The normalized spacial score (nSPS) is 10.2. The maximum Gasteiger partial charge on any atom is 0.260 e. The summed E-state index contributed by atoms with van der Waals surface area (Å²) in [5.41, 5.74) is 1.06. The molecule has 0 aliphatic heterocycles. The minimum Gasteiger partial charge on any atom is -0.482 e. The van der Waals surface area contributed by atoms with Gasteiger partial charge in [-0.25, -0.2) is 0 Å². The molecule has 5 heteroatoms. The van der Waals surface area contributed by atoms with Crippen LogP contribution in [-0.2, 0) is 11.3 Å². The summed E-state index contributed by atoms with van der Waals surface area (Å²) in [6, 6.07) is 15.0. The van der Waals surface area contributed by atoms with Crippen molar-refractivity contribution in [2.24, 2.45) is 0 Å². The molecule has 0 aliphatic carbocycles. The Hall–Kier alpha value is -1.52. The number of para-hydroxylation sites is 1. The van der Waals surface area contributed by atoms with Crippen LogP contribution in [0.3, 0.4) is 0 Å². The van der Waals surface area contributed by atoms with Gasteiger partial charge in [-0.3, -0.25) is 4.79 Å². The monoisotopic (exact) mass is 367 g/mol. The molecule has 21 heavy (non-hydrogen) atoms. The molecule has 1 amide bonds. The molecule has 2 rings (SSSR count). The minimum atomic E-state index is -0.0992. The van der Waals surface area contributed by atoms with Gasteiger partial charge in [0.1, 0.15) is 5.75 Å². The molecule has 3 nitrogen and oxygen atoms in total. The topological polar surface area (TPSA) is 29.5 Å². The summed E-state index contributed by atoms with van der Waals surface area (Å²) in [6.45, 7) is 0.509. The van der Waals surface area contributed by atoms with Crippen LogP contribution >= 0.6 is 27.5 Å². The van der Waals surface area contributed by atoms with E-state index in [1.807, 2.05) is 36.4 Å². The minimum absolute atomic E-state index is 0.0310. The molecule has 0 saturated carbocycles. The summed E-state index contributed by atoms with van der Waals surface area (Å²) in [5.74, 6) is 0.419. The van der Waals surface area contributed by atoms with Gasteiger partial charge in [-0.1, -0.05) is 51.8 Å². The highest BCUT2D eigenvalue weighted by Gasteiger charge is 2.11. The largest absolute Gasteiger partial charge is 0.482 e. The first-order valence-corrected chi connectivity index (χ1v) is 7.59. The van der Waals surface area contributed by atoms with Crippen molar-refractivity contribution in [2.75, 3.05) is 13.7 Å². The Labute approximate surface area is 137 Å². The predicted octanol–water partition coefficient (Wildman–Crippen LogP) is 4.14. The Balaban J connectivity index is 1.88. The standard InChI is InChI=1S/C16H15BrClNO2/c1-19(10-12-6-8-13(17)9-7-12)16(20)11-21-15-5-3-2-4-14(15)18/h2-9H,10-11H2,1H3. The van der Waals surface area contributed by atoms with E-state index in [4.69, 9.17) is 16.3 Å². The molecule has 0 spiro atoms. The van der Waals surface area contributed by atoms with Crippen LogP contribution < -0.4 is 4.74 Å². The van der Waals surface area contributed by atoms with Crippen molar-refractivity contribution in [3.05, 3.63) is 63.6 Å². The fourth-order valence-electron chi connectivity index (χ4n) is 1.76. The number of amides is 1. The summed E-state index contributed by atoms with van der Waals surface area (Å²) < 4.78 is 6.46. The third-order valence-corrected chi connectivity index (χ3v) is 3.79. The van der Waals surface area contributed by atoms with Gasteiger partial charge in [0.25, 0.3) is 5.91 Å². The van der Waals surface area contributed by atoms with Gasteiger partial charge in [0.2, 0.25) is 0 Å². The SMILES string of the molecule is CN(Cc1ccc(Br)cc1)C(=O)COc1ccccc1Cl. The fraction of sp³-hybridized carbons (Fsp3) is 0.188. The van der Waals surface area contributed by atoms with Gasteiger partial charge in [0, 0.05) is 18.1 Å². The summed E-state index contributed by atoms with van der Waals surface area (Å²) in [6.07, 6.45) is 0. The maximum atomic E-state index is 12.0. The second kappa shape index (κ2) is 7.48. The lowest BCUT2D eigenvalue weighted by Crippen LogP contribution is -2.30. The highest BCUT2D eigenvalue weighted by Crippen LogP contribution is 2.23. The van der Waals surface area contributed by atoms with Crippen LogP contribution in [0.2, 0.25) is 5.02 Å². The number of ether oxygens (including phenoxy) is 1. The number of likely N-dealkylation sites (N-methyl/N-ethyl adjacent to an activating group) is 1. The quantitative estimate of drug-likeness (QED) is 0.794. The number of rotatable bonds is 5. The summed E-state index contributed by atoms with van der Waals surface area (Å²) in [7, 11) is 1.75. The van der Waals surface area contributed by atoms with Gasteiger partial charge in [-0.2, -0.15) is 0 Å². The molecule has 2 aromatic carbocycles. The van der Waals surface area contributed by atoms with Crippen molar-refractivity contribution in [1.29, 1.82) is 0 Å². The van der Waals surface area contributed by atoms with Crippen LogP contribution in [-0.4, -0.2) is 24.5 Å². The van der Waals surface area contributed by atoms with Crippen LogP contribution in [0.5, 0.6) is 5.75 Å². The van der Waals surface area contributed by atoms with E-state index in [0.29, 0.717) is 17.3 Å². The number of hydrogen-bond acceptors (Lipinski definition) is 2. The lowest BCUT2D eigenvalue weighted by molar-refractivity contribution is -0.132. The second-order valence-electron chi connectivity index (χ2n) is 4.60. The number of halogens is 2. The molecule has 0 unspecified atom stereocenters. The van der Waals surface area contributed by atoms with E-state index in [1.165, 1.54) is 0 Å². The van der Waals surface area contributed by atoms with Crippen molar-refractivity contribution in [3.63, 3.8) is 0 Å². The van der Waals surface area contributed by atoms with Crippen molar-refractivity contribution >= 4 is 33.4 Å². The lowest BCUT2D eigenvalue weighted by atomic mass is 10.2. The number of hydrogen-bond donors (Lipinski definition) is 0. The van der Waals surface area contributed by atoms with Gasteiger partial charge < -0.3 is 9.64 Å². The number of carbonyl (C=O) groups excluding carboxylic acids is 1. The Kier molecular flexibility index (Phi) is 5.65. The lowest BCUT2D eigenvalue weighted by Gasteiger charge is -2.18. The van der Waals surface area contributed by atoms with E-state index in [2.05, 4.69) is 15.9 Å². The summed E-state index contributed by atoms with van der Waals surface area (Å²) in [5, 5.41) is 0.501. The number of carbonyl (C=O) groups is 1. The molecule has 0 aromatic heterocycles. The molecule has 0 heterocycles. The smallest absolute Gasteiger partial charge is 0.260 e. The van der Waals surface area contributed by atoms with E-state index in [0.717, 1.165) is 10.0 Å². The van der Waals surface area contributed by atoms with Crippen LogP contribution in [0.25, 0.3) is 0 Å². The van der Waals surface area contributed by atoms with Crippen LogP contribution in [0.1, 0.15) is 5.56 Å². The molecule has 0 N–H and O–H groups in total. The van der Waals surface area contributed by atoms with E-state index >= 15 is 0 Å². The molecule has 0 atom stereocenters. The Morgan fingerprint density at radius 1 is 1.19 bits per heavy atom. The molecule has 0 bridgehead atoms. The number of nitrogens with zero attached hydrogens (tertiary/aromatic N) is 1. The van der Waals surface area contributed by atoms with E-state index in [9.17, 15) is 4.79 Å². The fourth-order valence-corrected chi connectivity index (χ4v) is 2.22. The van der Waals surface area contributed by atoms with Gasteiger partial charge in [-0.05, 0) is 29.8 Å². The van der Waals surface area contributed by atoms with Crippen LogP contribution in [0.4, 0.5) is 0 Å². The van der Waals surface area contributed by atoms with Crippen LogP contribution in [0.15, 0.2) is 53.0 Å². The Bertz CT molecular complexity index is 616. The zero-order valence-corrected chi connectivity index (χ0v) is 13.9. The third-order valence-electron chi connectivity index (χ3n) is 2.95. The maximum absolute atomic E-state index is 12.0. The van der Waals surface area contributed by atoms with E-state index in [1.54, 1.807) is 24.1 Å². The Morgan fingerprint density at radius 3 is 2.52 bits per heavy atom. The number of benzene rings is 2. The van der Waals surface area contributed by atoms with Crippen molar-refractivity contribution in [2.45, 2.75) is 6.54 Å². The van der Waals surface area contributed by atoms with Gasteiger partial charge >= 0.3 is 0 Å². The van der Waals surface area contributed by atoms with Crippen molar-refractivity contribution in [3.8, 4) is 5.75 Å². The molecular formula is C16H15BrClNO2. The van der Waals surface area contributed by atoms with Crippen LogP contribution in [0, 0.1) is 0 Å². The average molecular weight is 369 g/mol. The van der Waals surface area contributed by atoms with Gasteiger partial charge in [0.05, 0.1) is 5.02 Å². The zero-order chi connectivity index (χ0) is 15.2. The molecule has 2 aromatic rings. The predicted molar refractivity (Wildman–Crippen MR) is 87.6 cm³/mol. The molecule has 0 radical (unpaired) electrons. The zero-order valence-electron chi connectivity index (χ0n) is 11.6. The molecule has 0 aliphatic rings. The third kappa shape index (κ3) is 4.76. The Morgan fingerprint density at radius 2 is 1.86 bits per heavy atom. The highest BCUT2D eigenvalue weighted by molar-refractivity contribution is 9.10. The first-order chi connectivity index (χ1) is 10.1. The summed E-state index contributed by atoms with van der Waals surface area (Å²) >= 11 is 9.36.